The molecule has 3 aliphatic carbocycles. The molecule has 1 saturated heterocycles. The van der Waals surface area contributed by atoms with E-state index in [1.807, 2.05) is 0 Å². The third-order valence-corrected chi connectivity index (χ3v) is 7.69. The Morgan fingerprint density at radius 3 is 2.15 bits per heavy atom. The minimum atomic E-state index is 0.615. The van der Waals surface area contributed by atoms with E-state index in [0.29, 0.717) is 12.2 Å². The molecule has 4 fully saturated rings. The van der Waals surface area contributed by atoms with Gasteiger partial charge in [0.1, 0.15) is 0 Å². The second-order valence-corrected chi connectivity index (χ2v) is 9.22. The molecule has 0 aromatic carbocycles. The molecule has 6 unspecified atom stereocenters. The summed E-state index contributed by atoms with van der Waals surface area (Å²) in [6.07, 6.45) is 17.1. The van der Waals surface area contributed by atoms with Crippen molar-refractivity contribution in [2.24, 2.45) is 23.7 Å². The van der Waals surface area contributed by atoms with Crippen molar-refractivity contribution in [3.05, 3.63) is 0 Å². The molecule has 2 heteroatoms. The second kappa shape index (κ2) is 5.91. The van der Waals surface area contributed by atoms with Gasteiger partial charge in [0.15, 0.2) is 0 Å². The molecule has 0 radical (unpaired) electrons. The van der Waals surface area contributed by atoms with Crippen molar-refractivity contribution < 1.29 is 4.74 Å². The summed E-state index contributed by atoms with van der Waals surface area (Å²) in [5, 5.41) is 0. The molecule has 3 saturated carbocycles. The predicted molar refractivity (Wildman–Crippen MR) is 86.1 cm³/mol. The van der Waals surface area contributed by atoms with Crippen LogP contribution in [0.4, 0.5) is 0 Å². The average molecular weight is 341 g/mol. The first-order valence-electron chi connectivity index (χ1n) is 9.11. The zero-order valence-corrected chi connectivity index (χ0v) is 14.2. The van der Waals surface area contributed by atoms with Crippen LogP contribution in [-0.4, -0.2) is 17.0 Å². The van der Waals surface area contributed by atoms with Gasteiger partial charge in [0.25, 0.3) is 0 Å². The Morgan fingerprint density at radius 2 is 1.35 bits per heavy atom. The quantitative estimate of drug-likeness (QED) is 0.587. The Hall–Kier alpha value is 0.440. The van der Waals surface area contributed by atoms with Gasteiger partial charge in [-0.15, -0.1) is 0 Å². The standard InChI is InChI=1S/C18H29BrO/c19-14-7-9-18-16(11-14)15-10-13(6-8-17(15)20-18)12-4-2-1-3-5-12/h12-18H,1-11H2. The van der Waals surface area contributed by atoms with Gasteiger partial charge in [-0.05, 0) is 62.2 Å². The number of fused-ring (bicyclic) bond motifs is 3. The van der Waals surface area contributed by atoms with Crippen molar-refractivity contribution in [2.75, 3.05) is 0 Å². The van der Waals surface area contributed by atoms with Crippen molar-refractivity contribution in [3.8, 4) is 0 Å². The van der Waals surface area contributed by atoms with Crippen LogP contribution in [0.25, 0.3) is 0 Å². The summed E-state index contributed by atoms with van der Waals surface area (Å²) >= 11 is 3.88. The maximum Gasteiger partial charge on any atom is 0.0611 e. The first kappa shape index (κ1) is 14.1. The lowest BCUT2D eigenvalue weighted by molar-refractivity contribution is -0.00465. The van der Waals surface area contributed by atoms with Crippen LogP contribution in [0.15, 0.2) is 0 Å². The van der Waals surface area contributed by atoms with E-state index in [9.17, 15) is 0 Å². The number of halogens is 1. The lowest BCUT2D eigenvalue weighted by Gasteiger charge is -2.39. The van der Waals surface area contributed by atoms with E-state index in [1.165, 1.54) is 70.6 Å². The monoisotopic (exact) mass is 340 g/mol. The number of hydrogen-bond acceptors (Lipinski definition) is 1. The summed E-state index contributed by atoms with van der Waals surface area (Å²) in [7, 11) is 0. The van der Waals surface area contributed by atoms with Crippen molar-refractivity contribution in [2.45, 2.75) is 87.7 Å². The van der Waals surface area contributed by atoms with Crippen LogP contribution in [0.2, 0.25) is 0 Å². The number of rotatable bonds is 1. The van der Waals surface area contributed by atoms with Crippen LogP contribution < -0.4 is 0 Å². The predicted octanol–water partition coefficient (Wildman–Crippen LogP) is 5.31. The van der Waals surface area contributed by atoms with Gasteiger partial charge < -0.3 is 4.74 Å². The normalized spacial score (nSPS) is 49.6. The maximum absolute atomic E-state index is 6.43. The Kier molecular flexibility index (Phi) is 4.16. The largest absolute Gasteiger partial charge is 0.374 e. The van der Waals surface area contributed by atoms with Crippen LogP contribution >= 0.6 is 15.9 Å². The molecule has 0 N–H and O–H groups in total. The fraction of sp³-hybridized carbons (Fsp3) is 1.00. The summed E-state index contributed by atoms with van der Waals surface area (Å²) in [6.45, 7) is 0. The number of ether oxygens (including phenoxy) is 1. The van der Waals surface area contributed by atoms with Gasteiger partial charge >= 0.3 is 0 Å². The van der Waals surface area contributed by atoms with E-state index < -0.39 is 0 Å². The van der Waals surface area contributed by atoms with Gasteiger partial charge in [-0.3, -0.25) is 0 Å². The molecule has 0 spiro atoms. The second-order valence-electron chi connectivity index (χ2n) is 7.92. The molecule has 4 rings (SSSR count). The molecule has 6 atom stereocenters. The third-order valence-electron chi connectivity index (χ3n) is 6.86. The van der Waals surface area contributed by atoms with Crippen LogP contribution in [0.3, 0.4) is 0 Å². The topological polar surface area (TPSA) is 9.23 Å². The van der Waals surface area contributed by atoms with Crippen LogP contribution in [0.5, 0.6) is 0 Å². The SMILES string of the molecule is BrC1CCC2OC3CCC(C4CCCCC4)CC3C2C1. The molecular weight excluding hydrogens is 312 g/mol. The van der Waals surface area contributed by atoms with Crippen molar-refractivity contribution in [1.29, 1.82) is 0 Å². The molecule has 0 amide bonds. The summed E-state index contributed by atoms with van der Waals surface area (Å²) in [6, 6.07) is 0. The van der Waals surface area contributed by atoms with Crippen molar-refractivity contribution in [3.63, 3.8) is 0 Å². The highest BCUT2D eigenvalue weighted by molar-refractivity contribution is 9.09. The molecular formula is C18H29BrO. The molecule has 0 aromatic rings. The molecule has 0 aromatic heterocycles. The van der Waals surface area contributed by atoms with Crippen LogP contribution in [0.1, 0.15) is 70.6 Å². The lowest BCUT2D eigenvalue weighted by atomic mass is 9.65. The molecule has 1 aliphatic heterocycles. The van der Waals surface area contributed by atoms with E-state index in [4.69, 9.17) is 4.74 Å². The molecule has 4 aliphatic rings. The number of hydrogen-bond donors (Lipinski definition) is 0. The van der Waals surface area contributed by atoms with Crippen LogP contribution in [-0.2, 0) is 4.74 Å². The summed E-state index contributed by atoms with van der Waals surface area (Å²) < 4.78 is 6.43. The van der Waals surface area contributed by atoms with Gasteiger partial charge in [0.2, 0.25) is 0 Å². The van der Waals surface area contributed by atoms with E-state index in [-0.39, 0.29) is 0 Å². The van der Waals surface area contributed by atoms with Gasteiger partial charge in [0.05, 0.1) is 12.2 Å². The number of alkyl halides is 1. The van der Waals surface area contributed by atoms with E-state index in [0.717, 1.165) is 28.5 Å². The van der Waals surface area contributed by atoms with E-state index in [2.05, 4.69) is 15.9 Å². The molecule has 20 heavy (non-hydrogen) atoms. The first-order chi connectivity index (χ1) is 9.81. The van der Waals surface area contributed by atoms with Gasteiger partial charge in [-0.2, -0.15) is 0 Å². The van der Waals surface area contributed by atoms with Crippen molar-refractivity contribution in [1.82, 2.24) is 0 Å². The Labute approximate surface area is 132 Å². The highest BCUT2D eigenvalue weighted by atomic mass is 79.9. The minimum Gasteiger partial charge on any atom is -0.374 e. The smallest absolute Gasteiger partial charge is 0.0611 e. The fourth-order valence-corrected chi connectivity index (χ4v) is 6.53. The van der Waals surface area contributed by atoms with Crippen LogP contribution in [0, 0.1) is 23.7 Å². The highest BCUT2D eigenvalue weighted by Gasteiger charge is 2.49. The molecule has 114 valence electrons. The maximum atomic E-state index is 6.43. The van der Waals surface area contributed by atoms with Gasteiger partial charge in [-0.1, -0.05) is 48.0 Å². The first-order valence-corrected chi connectivity index (χ1v) is 10.0. The molecule has 1 nitrogen and oxygen atoms in total. The molecule has 1 heterocycles. The summed E-state index contributed by atoms with van der Waals surface area (Å²) in [5.41, 5.74) is 0. The minimum absolute atomic E-state index is 0.615. The van der Waals surface area contributed by atoms with E-state index in [1.54, 1.807) is 0 Å². The summed E-state index contributed by atoms with van der Waals surface area (Å²) in [4.78, 5) is 0.765. The highest BCUT2D eigenvalue weighted by Crippen LogP contribution is 2.52. The zero-order valence-electron chi connectivity index (χ0n) is 12.6. The average Bonchev–Trinajstić information content (AvgIpc) is 2.85. The Balaban J connectivity index is 1.43. The van der Waals surface area contributed by atoms with Gasteiger partial charge in [-0.25, -0.2) is 0 Å². The Morgan fingerprint density at radius 1 is 0.650 bits per heavy atom. The summed E-state index contributed by atoms with van der Waals surface area (Å²) in [5.74, 6) is 3.88. The van der Waals surface area contributed by atoms with Crippen molar-refractivity contribution >= 4 is 15.9 Å². The fourth-order valence-electron chi connectivity index (χ4n) is 5.83. The van der Waals surface area contributed by atoms with E-state index >= 15 is 0 Å². The Bertz CT molecular complexity index is 338. The third kappa shape index (κ3) is 2.60. The zero-order chi connectivity index (χ0) is 13.5. The molecule has 0 bridgehead atoms. The van der Waals surface area contributed by atoms with Gasteiger partial charge in [0, 0.05) is 4.83 Å². The lowest BCUT2D eigenvalue weighted by Crippen LogP contribution is -2.35.